The van der Waals surface area contributed by atoms with Crippen molar-refractivity contribution < 1.29 is 5.11 Å². The SMILES string of the molecule is CSCC1(c2ccccc2O)CCCCC1. The van der Waals surface area contributed by atoms with Crippen LogP contribution in [0.3, 0.4) is 0 Å². The number of hydrogen-bond donors (Lipinski definition) is 1. The van der Waals surface area contributed by atoms with Gasteiger partial charge in [-0.25, -0.2) is 0 Å². The first-order valence-corrected chi connectivity index (χ1v) is 7.45. The Morgan fingerprint density at radius 1 is 1.19 bits per heavy atom. The molecule has 0 heterocycles. The van der Waals surface area contributed by atoms with Crippen LogP contribution in [0.25, 0.3) is 0 Å². The van der Waals surface area contributed by atoms with E-state index in [1.807, 2.05) is 30.0 Å². The molecule has 1 aromatic carbocycles. The third-order valence-corrected chi connectivity index (χ3v) is 4.55. The number of hydrogen-bond acceptors (Lipinski definition) is 2. The molecule has 0 atom stereocenters. The fourth-order valence-corrected chi connectivity index (χ4v) is 3.92. The molecule has 1 N–H and O–H groups in total. The smallest absolute Gasteiger partial charge is 0.119 e. The molecule has 1 aliphatic carbocycles. The van der Waals surface area contributed by atoms with E-state index in [0.717, 1.165) is 5.75 Å². The zero-order chi connectivity index (χ0) is 11.4. The van der Waals surface area contributed by atoms with Crippen LogP contribution >= 0.6 is 11.8 Å². The predicted molar refractivity (Wildman–Crippen MR) is 71.3 cm³/mol. The molecule has 0 aliphatic heterocycles. The average Bonchev–Trinajstić information content (AvgIpc) is 2.31. The Morgan fingerprint density at radius 2 is 1.88 bits per heavy atom. The predicted octanol–water partition coefficient (Wildman–Crippen LogP) is 3.96. The van der Waals surface area contributed by atoms with Crippen molar-refractivity contribution in [3.63, 3.8) is 0 Å². The third kappa shape index (κ3) is 2.22. The maximum absolute atomic E-state index is 10.0. The second kappa shape index (κ2) is 5.13. The van der Waals surface area contributed by atoms with Gasteiger partial charge >= 0.3 is 0 Å². The maximum Gasteiger partial charge on any atom is 0.119 e. The highest BCUT2D eigenvalue weighted by molar-refractivity contribution is 7.98. The summed E-state index contributed by atoms with van der Waals surface area (Å²) >= 11 is 1.90. The molecule has 2 rings (SSSR count). The maximum atomic E-state index is 10.0. The Morgan fingerprint density at radius 3 is 2.50 bits per heavy atom. The fourth-order valence-electron chi connectivity index (χ4n) is 2.92. The van der Waals surface area contributed by atoms with Gasteiger partial charge in [-0.3, -0.25) is 0 Å². The lowest BCUT2D eigenvalue weighted by molar-refractivity contribution is 0.314. The minimum absolute atomic E-state index is 0.225. The number of benzene rings is 1. The van der Waals surface area contributed by atoms with Crippen LogP contribution in [0.1, 0.15) is 37.7 Å². The van der Waals surface area contributed by atoms with E-state index < -0.39 is 0 Å². The molecule has 0 saturated heterocycles. The van der Waals surface area contributed by atoms with Gasteiger partial charge in [0.15, 0.2) is 0 Å². The molecule has 1 aromatic rings. The van der Waals surface area contributed by atoms with Gasteiger partial charge in [0, 0.05) is 16.7 Å². The molecule has 2 heteroatoms. The van der Waals surface area contributed by atoms with Crippen molar-refractivity contribution in [1.29, 1.82) is 0 Å². The Hall–Kier alpha value is -0.630. The van der Waals surface area contributed by atoms with Crippen molar-refractivity contribution in [3.8, 4) is 5.75 Å². The first-order chi connectivity index (χ1) is 7.78. The van der Waals surface area contributed by atoms with Crippen LogP contribution in [0.5, 0.6) is 5.75 Å². The quantitative estimate of drug-likeness (QED) is 0.857. The van der Waals surface area contributed by atoms with Gasteiger partial charge in [0.1, 0.15) is 5.75 Å². The highest BCUT2D eigenvalue weighted by Gasteiger charge is 2.35. The number of rotatable bonds is 3. The summed E-state index contributed by atoms with van der Waals surface area (Å²) in [5.74, 6) is 1.61. The van der Waals surface area contributed by atoms with Gasteiger partial charge < -0.3 is 5.11 Å². The molecular formula is C14H20OS. The largest absolute Gasteiger partial charge is 0.508 e. The molecule has 1 aliphatic rings. The van der Waals surface area contributed by atoms with Crippen molar-refractivity contribution in [2.75, 3.05) is 12.0 Å². The average molecular weight is 236 g/mol. The van der Waals surface area contributed by atoms with Gasteiger partial charge in [0.2, 0.25) is 0 Å². The summed E-state index contributed by atoms with van der Waals surface area (Å²) in [6.45, 7) is 0. The van der Waals surface area contributed by atoms with Gasteiger partial charge in [-0.05, 0) is 25.2 Å². The Bertz CT molecular complexity index is 337. The first-order valence-electron chi connectivity index (χ1n) is 6.06. The lowest BCUT2D eigenvalue weighted by Crippen LogP contribution is -2.31. The molecule has 1 nitrogen and oxygen atoms in total. The van der Waals surface area contributed by atoms with Gasteiger partial charge in [-0.1, -0.05) is 37.5 Å². The normalized spacial score (nSPS) is 19.6. The zero-order valence-corrected chi connectivity index (χ0v) is 10.7. The second-order valence-electron chi connectivity index (χ2n) is 4.79. The molecular weight excluding hydrogens is 216 g/mol. The van der Waals surface area contributed by atoms with Crippen molar-refractivity contribution in [1.82, 2.24) is 0 Å². The van der Waals surface area contributed by atoms with Crippen LogP contribution in [0.15, 0.2) is 24.3 Å². The number of phenolic OH excluding ortho intramolecular Hbond substituents is 1. The van der Waals surface area contributed by atoms with Gasteiger partial charge in [0.05, 0.1) is 0 Å². The number of phenols is 1. The standard InChI is InChI=1S/C14H20OS/c1-16-11-14(9-5-2-6-10-14)12-7-3-4-8-13(12)15/h3-4,7-8,15H,2,5-6,9-11H2,1H3. The Labute approximate surface area is 102 Å². The molecule has 0 aromatic heterocycles. The summed E-state index contributed by atoms with van der Waals surface area (Å²) < 4.78 is 0. The first kappa shape index (κ1) is 11.8. The molecule has 0 radical (unpaired) electrons. The highest BCUT2D eigenvalue weighted by Crippen LogP contribution is 2.44. The molecule has 0 unspecified atom stereocenters. The van der Waals surface area contributed by atoms with Crippen molar-refractivity contribution in [3.05, 3.63) is 29.8 Å². The van der Waals surface area contributed by atoms with E-state index in [2.05, 4.69) is 12.3 Å². The lowest BCUT2D eigenvalue weighted by Gasteiger charge is -2.37. The van der Waals surface area contributed by atoms with E-state index in [-0.39, 0.29) is 5.41 Å². The Kier molecular flexibility index (Phi) is 3.80. The van der Waals surface area contributed by atoms with Gasteiger partial charge in [-0.2, -0.15) is 11.8 Å². The summed E-state index contributed by atoms with van der Waals surface area (Å²) in [7, 11) is 0. The summed E-state index contributed by atoms with van der Waals surface area (Å²) in [6.07, 6.45) is 8.57. The highest BCUT2D eigenvalue weighted by atomic mass is 32.2. The van der Waals surface area contributed by atoms with E-state index in [0.29, 0.717) is 5.75 Å². The van der Waals surface area contributed by atoms with E-state index in [1.165, 1.54) is 37.7 Å². The van der Waals surface area contributed by atoms with Crippen molar-refractivity contribution in [2.24, 2.45) is 0 Å². The summed E-state index contributed by atoms with van der Waals surface area (Å²) in [6, 6.07) is 7.89. The van der Waals surface area contributed by atoms with Crippen LogP contribution in [0.4, 0.5) is 0 Å². The molecule has 16 heavy (non-hydrogen) atoms. The van der Waals surface area contributed by atoms with E-state index in [4.69, 9.17) is 0 Å². The fraction of sp³-hybridized carbons (Fsp3) is 0.571. The van der Waals surface area contributed by atoms with E-state index in [9.17, 15) is 5.11 Å². The molecule has 88 valence electrons. The van der Waals surface area contributed by atoms with E-state index in [1.54, 1.807) is 0 Å². The molecule has 0 amide bonds. The van der Waals surface area contributed by atoms with Crippen molar-refractivity contribution >= 4 is 11.8 Å². The topological polar surface area (TPSA) is 20.2 Å². The van der Waals surface area contributed by atoms with E-state index >= 15 is 0 Å². The Balaban J connectivity index is 2.34. The van der Waals surface area contributed by atoms with Crippen LogP contribution < -0.4 is 0 Å². The molecule has 0 bridgehead atoms. The summed E-state index contributed by atoms with van der Waals surface area (Å²) in [4.78, 5) is 0. The van der Waals surface area contributed by atoms with Crippen molar-refractivity contribution in [2.45, 2.75) is 37.5 Å². The third-order valence-electron chi connectivity index (χ3n) is 3.71. The monoisotopic (exact) mass is 236 g/mol. The minimum atomic E-state index is 0.225. The van der Waals surface area contributed by atoms with Gasteiger partial charge in [0.25, 0.3) is 0 Å². The molecule has 1 saturated carbocycles. The molecule has 0 spiro atoms. The molecule has 1 fully saturated rings. The number of para-hydroxylation sites is 1. The number of aromatic hydroxyl groups is 1. The number of thioether (sulfide) groups is 1. The van der Waals surface area contributed by atoms with Crippen LogP contribution in [-0.4, -0.2) is 17.1 Å². The summed E-state index contributed by atoms with van der Waals surface area (Å²) in [5, 5.41) is 10.0. The summed E-state index contributed by atoms with van der Waals surface area (Å²) in [5.41, 5.74) is 1.40. The van der Waals surface area contributed by atoms with Crippen LogP contribution in [-0.2, 0) is 5.41 Å². The lowest BCUT2D eigenvalue weighted by atomic mass is 9.70. The second-order valence-corrected chi connectivity index (χ2v) is 5.66. The van der Waals surface area contributed by atoms with Crippen LogP contribution in [0.2, 0.25) is 0 Å². The van der Waals surface area contributed by atoms with Gasteiger partial charge in [-0.15, -0.1) is 0 Å². The van der Waals surface area contributed by atoms with Crippen LogP contribution in [0, 0.1) is 0 Å². The zero-order valence-electron chi connectivity index (χ0n) is 9.91. The minimum Gasteiger partial charge on any atom is -0.508 e.